The maximum Gasteiger partial charge on any atom is 0.280 e. The van der Waals surface area contributed by atoms with Crippen LogP contribution in [0.1, 0.15) is 10.5 Å². The van der Waals surface area contributed by atoms with Crippen LogP contribution in [-0.4, -0.2) is 20.7 Å². The van der Waals surface area contributed by atoms with E-state index in [-0.39, 0.29) is 11.6 Å². The topological polar surface area (TPSA) is 85.8 Å². The summed E-state index contributed by atoms with van der Waals surface area (Å²) < 4.78 is 2.52. The first kappa shape index (κ1) is 11.7. The zero-order valence-electron chi connectivity index (χ0n) is 10.1. The second-order valence-corrected chi connectivity index (χ2v) is 5.08. The van der Waals surface area contributed by atoms with Crippen LogP contribution in [0.25, 0.3) is 10.2 Å². The molecule has 0 radical (unpaired) electrons. The maximum atomic E-state index is 12.0. The maximum absolute atomic E-state index is 12.0. The number of fused-ring (bicyclic) bond motifs is 1. The molecule has 3 aromatic rings. The van der Waals surface area contributed by atoms with E-state index in [0.29, 0.717) is 10.8 Å². The highest BCUT2D eigenvalue weighted by Gasteiger charge is 2.15. The van der Waals surface area contributed by atoms with Crippen molar-refractivity contribution in [2.45, 2.75) is 0 Å². The van der Waals surface area contributed by atoms with Gasteiger partial charge in [-0.1, -0.05) is 23.5 Å². The van der Waals surface area contributed by atoms with Gasteiger partial charge in [0.05, 0.1) is 15.9 Å². The van der Waals surface area contributed by atoms with Gasteiger partial charge in [-0.15, -0.1) is 0 Å². The molecule has 0 atom stereocenters. The van der Waals surface area contributed by atoms with Crippen molar-refractivity contribution in [2.75, 3.05) is 11.1 Å². The number of carbonyl (C=O) groups is 1. The number of nitrogens with zero attached hydrogens (tertiary/aromatic N) is 3. The summed E-state index contributed by atoms with van der Waals surface area (Å²) in [5.41, 5.74) is 7.13. The van der Waals surface area contributed by atoms with E-state index in [1.807, 2.05) is 24.3 Å². The summed E-state index contributed by atoms with van der Waals surface area (Å²) in [6, 6.07) is 7.70. The highest BCUT2D eigenvalue weighted by atomic mass is 32.1. The van der Waals surface area contributed by atoms with Crippen molar-refractivity contribution in [1.82, 2.24) is 14.8 Å². The number of amides is 1. The van der Waals surface area contributed by atoms with Gasteiger partial charge in [0, 0.05) is 13.2 Å². The number of hydrogen-bond donors (Lipinski definition) is 2. The molecule has 0 aliphatic rings. The van der Waals surface area contributed by atoms with E-state index in [0.717, 1.165) is 10.2 Å². The van der Waals surface area contributed by atoms with Gasteiger partial charge in [0.2, 0.25) is 0 Å². The molecular weight excluding hydrogens is 262 g/mol. The Labute approximate surface area is 112 Å². The van der Waals surface area contributed by atoms with Crippen molar-refractivity contribution >= 4 is 38.3 Å². The number of nitrogens with one attached hydrogen (secondary N) is 1. The lowest BCUT2D eigenvalue weighted by Gasteiger charge is -1.98. The molecule has 0 saturated heterocycles. The normalized spacial score (nSPS) is 10.8. The Balaban J connectivity index is 1.88. The van der Waals surface area contributed by atoms with Gasteiger partial charge in [0.15, 0.2) is 10.8 Å². The lowest BCUT2D eigenvalue weighted by molar-refractivity contribution is 0.102. The number of carbonyl (C=O) groups excluding carboxylic acids is 1. The average Bonchev–Trinajstić information content (AvgIpc) is 2.91. The lowest BCUT2D eigenvalue weighted by Crippen LogP contribution is -2.14. The molecule has 6 nitrogen and oxygen atoms in total. The molecule has 0 bridgehead atoms. The molecule has 0 spiro atoms. The zero-order valence-corrected chi connectivity index (χ0v) is 10.9. The summed E-state index contributed by atoms with van der Waals surface area (Å²) in [6.45, 7) is 0. The summed E-state index contributed by atoms with van der Waals surface area (Å²) in [7, 11) is 1.71. The fourth-order valence-corrected chi connectivity index (χ4v) is 2.63. The Morgan fingerprint density at radius 3 is 2.89 bits per heavy atom. The predicted octanol–water partition coefficient (Wildman–Crippen LogP) is 1.86. The van der Waals surface area contributed by atoms with Crippen LogP contribution in [0.15, 0.2) is 30.5 Å². The van der Waals surface area contributed by atoms with Crippen molar-refractivity contribution in [1.29, 1.82) is 0 Å². The molecule has 0 saturated carbocycles. The first-order valence-corrected chi connectivity index (χ1v) is 6.41. The van der Waals surface area contributed by atoms with Gasteiger partial charge >= 0.3 is 0 Å². The number of benzene rings is 1. The number of hydrogen-bond acceptors (Lipinski definition) is 5. The highest BCUT2D eigenvalue weighted by Crippen LogP contribution is 2.25. The number of nitrogens with two attached hydrogens (primary N) is 1. The smallest absolute Gasteiger partial charge is 0.280 e. The summed E-state index contributed by atoms with van der Waals surface area (Å²) in [5, 5.41) is 7.27. The number of thiazole rings is 1. The first-order chi connectivity index (χ1) is 9.13. The molecule has 3 N–H and O–H groups in total. The van der Waals surface area contributed by atoms with E-state index >= 15 is 0 Å². The van der Waals surface area contributed by atoms with Gasteiger partial charge in [-0.3, -0.25) is 14.8 Å². The number of nitrogen functional groups attached to an aromatic ring is 1. The van der Waals surface area contributed by atoms with Gasteiger partial charge in [-0.25, -0.2) is 4.98 Å². The van der Waals surface area contributed by atoms with Crippen LogP contribution >= 0.6 is 11.3 Å². The summed E-state index contributed by atoms with van der Waals surface area (Å²) in [5.74, 6) is -0.350. The van der Waals surface area contributed by atoms with E-state index in [9.17, 15) is 4.79 Å². The van der Waals surface area contributed by atoms with Crippen LogP contribution in [0.3, 0.4) is 0 Å². The van der Waals surface area contributed by atoms with Gasteiger partial charge in [0.1, 0.15) is 0 Å². The van der Waals surface area contributed by atoms with Crippen molar-refractivity contribution in [2.24, 2.45) is 7.05 Å². The van der Waals surface area contributed by atoms with E-state index in [1.165, 1.54) is 16.0 Å². The molecule has 1 aromatic carbocycles. The molecule has 19 heavy (non-hydrogen) atoms. The van der Waals surface area contributed by atoms with Crippen molar-refractivity contribution in [3.05, 3.63) is 36.2 Å². The van der Waals surface area contributed by atoms with Crippen LogP contribution in [0.2, 0.25) is 0 Å². The molecule has 3 rings (SSSR count). The van der Waals surface area contributed by atoms with Crippen LogP contribution in [0.5, 0.6) is 0 Å². The highest BCUT2D eigenvalue weighted by molar-refractivity contribution is 7.22. The van der Waals surface area contributed by atoms with Gasteiger partial charge in [-0.2, -0.15) is 5.10 Å². The Bertz CT molecular complexity index is 727. The minimum absolute atomic E-state index is 0.210. The number of aryl methyl sites for hydroxylation is 1. The summed E-state index contributed by atoms with van der Waals surface area (Å²) >= 11 is 1.41. The first-order valence-electron chi connectivity index (χ1n) is 5.59. The Kier molecular flexibility index (Phi) is 2.68. The van der Waals surface area contributed by atoms with E-state index in [1.54, 1.807) is 13.2 Å². The second-order valence-electron chi connectivity index (χ2n) is 4.05. The van der Waals surface area contributed by atoms with Crippen LogP contribution in [-0.2, 0) is 7.05 Å². The number of aromatic nitrogens is 3. The number of anilines is 2. The number of rotatable bonds is 2. The molecular formula is C12H11N5OS. The van der Waals surface area contributed by atoms with Gasteiger partial charge in [0.25, 0.3) is 5.91 Å². The third-order valence-electron chi connectivity index (χ3n) is 2.59. The van der Waals surface area contributed by atoms with Crippen LogP contribution < -0.4 is 11.1 Å². The van der Waals surface area contributed by atoms with E-state index < -0.39 is 0 Å². The monoisotopic (exact) mass is 273 g/mol. The lowest BCUT2D eigenvalue weighted by atomic mass is 10.3. The second kappa shape index (κ2) is 4.36. The average molecular weight is 273 g/mol. The van der Waals surface area contributed by atoms with Crippen molar-refractivity contribution in [3.63, 3.8) is 0 Å². The number of para-hydroxylation sites is 1. The minimum Gasteiger partial charge on any atom is -0.396 e. The van der Waals surface area contributed by atoms with Gasteiger partial charge in [-0.05, 0) is 12.1 Å². The minimum atomic E-state index is -0.350. The molecule has 2 heterocycles. The molecule has 0 unspecified atom stereocenters. The predicted molar refractivity (Wildman–Crippen MR) is 75.2 cm³/mol. The fourth-order valence-electron chi connectivity index (χ4n) is 1.77. The summed E-state index contributed by atoms with van der Waals surface area (Å²) in [4.78, 5) is 16.4. The molecule has 0 aliphatic carbocycles. The van der Waals surface area contributed by atoms with E-state index in [2.05, 4.69) is 15.4 Å². The van der Waals surface area contributed by atoms with Crippen LogP contribution in [0, 0.1) is 0 Å². The molecule has 0 aliphatic heterocycles. The van der Waals surface area contributed by atoms with Crippen molar-refractivity contribution < 1.29 is 4.79 Å². The molecule has 2 aromatic heterocycles. The Morgan fingerprint density at radius 2 is 2.21 bits per heavy atom. The molecule has 0 fully saturated rings. The largest absolute Gasteiger partial charge is 0.396 e. The zero-order chi connectivity index (χ0) is 13.4. The SMILES string of the molecule is Cn1cc(N)c(C(=O)Nc2nc3ccccc3s2)n1. The molecule has 7 heteroatoms. The molecule has 1 amide bonds. The fraction of sp³-hybridized carbons (Fsp3) is 0.0833. The van der Waals surface area contributed by atoms with Crippen LogP contribution in [0.4, 0.5) is 10.8 Å². The molecule has 96 valence electrons. The third kappa shape index (κ3) is 2.15. The standard InChI is InChI=1S/C12H11N5OS/c1-17-6-7(13)10(16-17)11(18)15-12-14-8-4-2-3-5-9(8)19-12/h2-6H,13H2,1H3,(H,14,15,18). The summed E-state index contributed by atoms with van der Waals surface area (Å²) in [6.07, 6.45) is 1.59. The van der Waals surface area contributed by atoms with Crippen molar-refractivity contribution in [3.8, 4) is 0 Å². The Morgan fingerprint density at radius 1 is 1.42 bits per heavy atom. The van der Waals surface area contributed by atoms with E-state index in [4.69, 9.17) is 5.73 Å². The Hall–Kier alpha value is -2.41. The third-order valence-corrected chi connectivity index (χ3v) is 3.54. The van der Waals surface area contributed by atoms with Gasteiger partial charge < -0.3 is 5.73 Å². The quantitative estimate of drug-likeness (QED) is 0.746.